The van der Waals surface area contributed by atoms with Gasteiger partial charge in [0.1, 0.15) is 5.75 Å². The fourth-order valence-corrected chi connectivity index (χ4v) is 5.40. The van der Waals surface area contributed by atoms with E-state index in [1.165, 1.54) is 27.8 Å². The Bertz CT molecular complexity index is 1330. The molecule has 0 aliphatic carbocycles. The number of benzene rings is 4. The van der Waals surface area contributed by atoms with E-state index in [0.717, 1.165) is 26.0 Å². The summed E-state index contributed by atoms with van der Waals surface area (Å²) in [5.41, 5.74) is 6.13. The van der Waals surface area contributed by atoms with Gasteiger partial charge in [-0.15, -0.1) is 0 Å². The molecule has 0 aliphatic rings. The van der Waals surface area contributed by atoms with Gasteiger partial charge in [0.25, 0.3) is 0 Å². The summed E-state index contributed by atoms with van der Waals surface area (Å²) in [5, 5.41) is 19.5. The third-order valence-electron chi connectivity index (χ3n) is 7.59. The molecule has 40 heavy (non-hydrogen) atoms. The molecule has 0 bridgehead atoms. The fraction of sp³-hybridized carbons (Fsp3) is 0.333. The molecule has 4 heteroatoms. The van der Waals surface area contributed by atoms with Crippen LogP contribution in [0.5, 0.6) is 5.75 Å². The number of phenols is 1. The third kappa shape index (κ3) is 7.46. The zero-order valence-corrected chi connectivity index (χ0v) is 26.8. The number of aliphatic hydroxyl groups is 1. The summed E-state index contributed by atoms with van der Waals surface area (Å²) in [6.07, 6.45) is -0.167. The van der Waals surface area contributed by atoms with E-state index >= 15 is 0 Å². The van der Waals surface area contributed by atoms with Crippen molar-refractivity contribution in [3.8, 4) is 5.75 Å². The van der Waals surface area contributed by atoms with Crippen LogP contribution in [0.3, 0.4) is 0 Å². The predicted molar refractivity (Wildman–Crippen MR) is 162 cm³/mol. The molecule has 0 amide bonds. The minimum absolute atomic E-state index is 0.167. The van der Waals surface area contributed by atoms with Gasteiger partial charge in [-0.3, -0.25) is 0 Å². The quantitative estimate of drug-likeness (QED) is 0.228. The molecule has 4 aromatic carbocycles. The molecule has 210 valence electrons. The number of hydrogen-bond donors (Lipinski definition) is 2. The van der Waals surface area contributed by atoms with E-state index in [1.54, 1.807) is 13.8 Å². The van der Waals surface area contributed by atoms with Crippen LogP contribution in [0.15, 0.2) is 103 Å². The topological polar surface area (TPSA) is 57.5 Å². The molecule has 2 N–H and O–H groups in total. The van der Waals surface area contributed by atoms with Crippen molar-refractivity contribution in [2.75, 3.05) is 0 Å². The Balaban J connectivity index is 0.000000858. The molecule has 0 fully saturated rings. The first kappa shape index (κ1) is 33.4. The Labute approximate surface area is 253 Å². The van der Waals surface area contributed by atoms with Crippen LogP contribution in [-0.2, 0) is 40.0 Å². The summed E-state index contributed by atoms with van der Waals surface area (Å²) in [6, 6.07) is 35.9. The summed E-state index contributed by atoms with van der Waals surface area (Å²) in [7, 11) is 0. The van der Waals surface area contributed by atoms with E-state index in [9.17, 15) is 5.11 Å². The zero-order chi connectivity index (χ0) is 30.1. The molecule has 4 rings (SSSR count). The summed E-state index contributed by atoms with van der Waals surface area (Å²) in [6.45, 7) is 17.0. The van der Waals surface area contributed by atoms with Crippen LogP contribution in [0.4, 0.5) is 0 Å². The second kappa shape index (κ2) is 14.2. The first-order valence-corrected chi connectivity index (χ1v) is 14.4. The van der Waals surface area contributed by atoms with Crippen molar-refractivity contribution in [2.45, 2.75) is 77.7 Å². The number of hydrogen-bond acceptors (Lipinski definition) is 3. The van der Waals surface area contributed by atoms with Crippen molar-refractivity contribution < 1.29 is 33.9 Å². The Morgan fingerprint density at radius 1 is 0.525 bits per heavy atom. The number of phenolic OH excluding ortho intramolecular Hbond substituents is 1. The van der Waals surface area contributed by atoms with Crippen molar-refractivity contribution in [1.29, 1.82) is 0 Å². The van der Waals surface area contributed by atoms with E-state index in [2.05, 4.69) is 133 Å². The Morgan fingerprint density at radius 2 is 0.825 bits per heavy atom. The van der Waals surface area contributed by atoms with Crippen molar-refractivity contribution in [2.24, 2.45) is 0 Å². The number of aliphatic hydroxyl groups excluding tert-OH is 1. The molecule has 0 aliphatic heterocycles. The van der Waals surface area contributed by atoms with Gasteiger partial charge in [-0.25, -0.2) is 0 Å². The summed E-state index contributed by atoms with van der Waals surface area (Å²) >= 11 is 0.750. The molecule has 0 saturated heterocycles. The van der Waals surface area contributed by atoms with E-state index < -0.39 is 5.41 Å². The van der Waals surface area contributed by atoms with Crippen LogP contribution in [-0.4, -0.2) is 16.3 Å². The normalized spacial score (nSPS) is 11.6. The van der Waals surface area contributed by atoms with Crippen LogP contribution in [0.25, 0.3) is 0 Å². The molecule has 0 atom stereocenters. The van der Waals surface area contributed by atoms with Crippen LogP contribution >= 0.6 is 0 Å². The molecule has 0 aromatic heterocycles. The average Bonchev–Trinajstić information content (AvgIpc) is 2.95. The molecule has 0 radical (unpaired) electrons. The van der Waals surface area contributed by atoms with Crippen LogP contribution in [0, 0.1) is 0 Å². The molecular weight excluding hydrogens is 528 g/mol. The molecule has 0 saturated carbocycles. The SMILES string of the molecule is CC(C)(c1ccccc1)c1ccc(O)c(C(C)(C)c2ccccc2)c1C(C)(C)c1ccccc1.CC(C)O.[O]=[Ti]. The predicted octanol–water partition coefficient (Wildman–Crippen LogP) is 8.64. The van der Waals surface area contributed by atoms with Crippen LogP contribution in [0.1, 0.15) is 88.8 Å². The maximum absolute atomic E-state index is 11.5. The maximum atomic E-state index is 11.5. The van der Waals surface area contributed by atoms with E-state index in [1.807, 2.05) is 12.1 Å². The van der Waals surface area contributed by atoms with Gasteiger partial charge < -0.3 is 10.2 Å². The minimum atomic E-state index is -0.393. The van der Waals surface area contributed by atoms with Gasteiger partial charge in [0.05, 0.1) is 0 Å². The summed E-state index contributed by atoms with van der Waals surface area (Å²) in [4.78, 5) is 0. The second-order valence-corrected chi connectivity index (χ2v) is 11.9. The Morgan fingerprint density at radius 3 is 1.18 bits per heavy atom. The molecule has 0 heterocycles. The molecule has 0 spiro atoms. The standard InChI is InChI=1S/C33H36O.C3H8O.O.Ti/c1-31(2,24-16-10-7-11-17-24)27-22-23-28(34)30(33(5,6)26-20-14-9-15-21-26)29(27)32(3,4)25-18-12-8-13-19-25;1-3(2)4;;/h7-23,34H,1-6H3;3-4H,1-2H3;;. The van der Waals surface area contributed by atoms with Gasteiger partial charge in [-0.1, -0.05) is 139 Å². The number of aromatic hydroxyl groups is 1. The fourth-order valence-electron chi connectivity index (χ4n) is 5.40. The molecule has 0 unspecified atom stereocenters. The van der Waals surface area contributed by atoms with Gasteiger partial charge in [-0.05, 0) is 47.7 Å². The van der Waals surface area contributed by atoms with E-state index in [-0.39, 0.29) is 16.9 Å². The van der Waals surface area contributed by atoms with Gasteiger partial charge in [0.15, 0.2) is 0 Å². The molecule has 4 aromatic rings. The Hall–Kier alpha value is -2.85. The van der Waals surface area contributed by atoms with Gasteiger partial charge in [0, 0.05) is 27.9 Å². The van der Waals surface area contributed by atoms with Crippen molar-refractivity contribution in [1.82, 2.24) is 0 Å². The first-order chi connectivity index (χ1) is 18.8. The average molecular weight is 573 g/mol. The number of rotatable bonds is 6. The van der Waals surface area contributed by atoms with Crippen molar-refractivity contribution >= 4 is 0 Å². The van der Waals surface area contributed by atoms with E-state index in [4.69, 9.17) is 8.43 Å². The Kier molecular flexibility index (Phi) is 11.8. The van der Waals surface area contributed by atoms with E-state index in [0.29, 0.717) is 5.75 Å². The van der Waals surface area contributed by atoms with Gasteiger partial charge in [-0.2, -0.15) is 0 Å². The van der Waals surface area contributed by atoms with Gasteiger partial charge in [0.2, 0.25) is 0 Å². The van der Waals surface area contributed by atoms with Crippen molar-refractivity contribution in [3.63, 3.8) is 0 Å². The van der Waals surface area contributed by atoms with Crippen molar-refractivity contribution in [3.05, 3.63) is 137 Å². The zero-order valence-electron chi connectivity index (χ0n) is 25.2. The second-order valence-electron chi connectivity index (χ2n) is 11.9. The van der Waals surface area contributed by atoms with Gasteiger partial charge >= 0.3 is 23.7 Å². The third-order valence-corrected chi connectivity index (χ3v) is 7.59. The van der Waals surface area contributed by atoms with Crippen LogP contribution < -0.4 is 0 Å². The summed E-state index contributed by atoms with van der Waals surface area (Å²) < 4.78 is 8.25. The summed E-state index contributed by atoms with van der Waals surface area (Å²) in [5.74, 6) is 0.348. The first-order valence-electron chi connectivity index (χ1n) is 13.7. The van der Waals surface area contributed by atoms with Crippen LogP contribution in [0.2, 0.25) is 0 Å². The molecule has 3 nitrogen and oxygen atoms in total. The monoisotopic (exact) mass is 572 g/mol. The molecular formula is C36H44O3Ti.